The molecular formula is C26H26N4O5. The lowest BCUT2D eigenvalue weighted by Crippen LogP contribution is -2.36. The van der Waals surface area contributed by atoms with Crippen LogP contribution in [0.4, 0.5) is 10.6 Å². The number of benzene rings is 2. The summed E-state index contributed by atoms with van der Waals surface area (Å²) in [5, 5.41) is 16.2. The van der Waals surface area contributed by atoms with Crippen molar-refractivity contribution in [1.29, 1.82) is 0 Å². The number of aromatic nitrogens is 2. The maximum atomic E-state index is 12.8. The number of carbonyl (C=O) groups excluding carboxylic acids is 2. The van der Waals surface area contributed by atoms with Crippen molar-refractivity contribution < 1.29 is 24.2 Å². The fraction of sp³-hybridized carbons (Fsp3) is 0.308. The molecule has 9 nitrogen and oxygen atoms in total. The number of aromatic carboxylic acids is 1. The average molecular weight is 475 g/mol. The molecule has 5 rings (SSSR count). The van der Waals surface area contributed by atoms with Crippen LogP contribution in [0.2, 0.25) is 0 Å². The molecule has 1 aromatic heterocycles. The molecule has 1 atom stereocenters. The summed E-state index contributed by atoms with van der Waals surface area (Å²) >= 11 is 0. The molecule has 2 aromatic carbocycles. The SMILES string of the molecule is CC(CCC(=O)N1CCn2ncc(C(=O)O)c21)NC(=O)OCC1c2ccccc2-c2ccccc21. The summed E-state index contributed by atoms with van der Waals surface area (Å²) in [6, 6.07) is 16.0. The van der Waals surface area contributed by atoms with E-state index < -0.39 is 12.1 Å². The number of carbonyl (C=O) groups is 3. The Morgan fingerprint density at radius 1 is 1.09 bits per heavy atom. The van der Waals surface area contributed by atoms with Crippen molar-refractivity contribution >= 4 is 23.8 Å². The maximum Gasteiger partial charge on any atom is 0.407 e. The molecule has 9 heteroatoms. The third kappa shape index (κ3) is 4.25. The maximum absolute atomic E-state index is 12.8. The first-order valence-electron chi connectivity index (χ1n) is 11.6. The van der Waals surface area contributed by atoms with Gasteiger partial charge in [0.25, 0.3) is 0 Å². The lowest BCUT2D eigenvalue weighted by atomic mass is 9.98. The van der Waals surface area contributed by atoms with Crippen molar-refractivity contribution in [3.8, 4) is 11.1 Å². The third-order valence-corrected chi connectivity index (χ3v) is 6.63. The van der Waals surface area contributed by atoms with Crippen LogP contribution in [-0.2, 0) is 16.1 Å². The number of ether oxygens (including phenoxy) is 1. The smallest absolute Gasteiger partial charge is 0.407 e. The summed E-state index contributed by atoms with van der Waals surface area (Å²) in [6.07, 6.45) is 1.29. The zero-order valence-corrected chi connectivity index (χ0v) is 19.3. The van der Waals surface area contributed by atoms with Crippen LogP contribution in [0.5, 0.6) is 0 Å². The van der Waals surface area contributed by atoms with E-state index in [0.717, 1.165) is 11.1 Å². The highest BCUT2D eigenvalue weighted by molar-refractivity contribution is 6.01. The highest BCUT2D eigenvalue weighted by Crippen LogP contribution is 2.44. The summed E-state index contributed by atoms with van der Waals surface area (Å²) in [7, 11) is 0. The van der Waals surface area contributed by atoms with Gasteiger partial charge in [-0.15, -0.1) is 0 Å². The Hall–Kier alpha value is -4.14. The van der Waals surface area contributed by atoms with E-state index in [1.165, 1.54) is 26.9 Å². The topological polar surface area (TPSA) is 114 Å². The second-order valence-corrected chi connectivity index (χ2v) is 8.87. The zero-order valence-electron chi connectivity index (χ0n) is 19.3. The van der Waals surface area contributed by atoms with Crippen LogP contribution in [0.15, 0.2) is 54.7 Å². The monoisotopic (exact) mass is 474 g/mol. The number of hydrogen-bond acceptors (Lipinski definition) is 5. The lowest BCUT2D eigenvalue weighted by molar-refractivity contribution is -0.118. The highest BCUT2D eigenvalue weighted by Gasteiger charge is 2.32. The van der Waals surface area contributed by atoms with E-state index in [0.29, 0.717) is 25.3 Å². The molecule has 2 amide bonds. The van der Waals surface area contributed by atoms with E-state index in [1.54, 1.807) is 0 Å². The molecule has 2 N–H and O–H groups in total. The summed E-state index contributed by atoms with van der Waals surface area (Å²) in [5.74, 6) is -1.02. The highest BCUT2D eigenvalue weighted by atomic mass is 16.5. The molecule has 2 aliphatic rings. The zero-order chi connectivity index (χ0) is 24.5. The van der Waals surface area contributed by atoms with Gasteiger partial charge in [0.1, 0.15) is 18.0 Å². The predicted molar refractivity (Wildman–Crippen MR) is 128 cm³/mol. The van der Waals surface area contributed by atoms with Crippen molar-refractivity contribution in [2.75, 3.05) is 18.1 Å². The van der Waals surface area contributed by atoms with Crippen LogP contribution in [-0.4, -0.2) is 52.1 Å². The van der Waals surface area contributed by atoms with Gasteiger partial charge in [-0.1, -0.05) is 48.5 Å². The molecule has 1 unspecified atom stereocenters. The molecule has 0 bridgehead atoms. The van der Waals surface area contributed by atoms with Crippen LogP contribution in [0.1, 0.15) is 47.2 Å². The van der Waals surface area contributed by atoms with Gasteiger partial charge in [0.05, 0.1) is 12.7 Å². The van der Waals surface area contributed by atoms with Gasteiger partial charge in [-0.25, -0.2) is 14.3 Å². The Morgan fingerprint density at radius 3 is 2.40 bits per heavy atom. The number of nitrogens with zero attached hydrogens (tertiary/aromatic N) is 3. The standard InChI is InChI=1S/C26H26N4O5/c1-16(10-11-23(31)29-12-13-30-24(29)21(14-27-30)25(32)33)28-26(34)35-15-22-19-8-4-2-6-17(19)18-7-3-5-9-20(18)22/h2-9,14,16,22H,10-13,15H2,1H3,(H,28,34)(H,32,33). The van der Waals surface area contributed by atoms with Crippen LogP contribution < -0.4 is 10.2 Å². The largest absolute Gasteiger partial charge is 0.477 e. The Balaban J connectivity index is 1.14. The number of amides is 2. The summed E-state index contributed by atoms with van der Waals surface area (Å²) < 4.78 is 7.10. The summed E-state index contributed by atoms with van der Waals surface area (Å²) in [6.45, 7) is 2.88. The number of nitrogens with one attached hydrogen (secondary N) is 1. The summed E-state index contributed by atoms with van der Waals surface area (Å²) in [4.78, 5) is 38.1. The molecule has 0 radical (unpaired) electrons. The van der Waals surface area contributed by atoms with E-state index in [1.807, 2.05) is 31.2 Å². The fourth-order valence-corrected chi connectivity index (χ4v) is 4.91. The van der Waals surface area contributed by atoms with E-state index in [4.69, 9.17) is 4.74 Å². The van der Waals surface area contributed by atoms with Crippen LogP contribution in [0.3, 0.4) is 0 Å². The van der Waals surface area contributed by atoms with Crippen molar-refractivity contribution in [3.05, 3.63) is 71.4 Å². The lowest BCUT2D eigenvalue weighted by Gasteiger charge is -2.19. The molecular weight excluding hydrogens is 448 g/mol. The van der Waals surface area contributed by atoms with Crippen LogP contribution >= 0.6 is 0 Å². The van der Waals surface area contributed by atoms with Gasteiger partial charge in [0, 0.05) is 24.9 Å². The first-order chi connectivity index (χ1) is 16.9. The Kier molecular flexibility index (Phi) is 5.98. The van der Waals surface area contributed by atoms with Gasteiger partial charge >= 0.3 is 12.1 Å². The van der Waals surface area contributed by atoms with Gasteiger partial charge in [0.15, 0.2) is 0 Å². The van der Waals surface area contributed by atoms with Crippen LogP contribution in [0, 0.1) is 0 Å². The van der Waals surface area contributed by atoms with E-state index >= 15 is 0 Å². The Labute approximate surface area is 202 Å². The van der Waals surface area contributed by atoms with E-state index in [9.17, 15) is 19.5 Å². The molecule has 0 fully saturated rings. The number of anilines is 1. The molecule has 35 heavy (non-hydrogen) atoms. The molecule has 3 aromatic rings. The van der Waals surface area contributed by atoms with Crippen molar-refractivity contribution in [2.24, 2.45) is 0 Å². The first kappa shape index (κ1) is 22.6. The quantitative estimate of drug-likeness (QED) is 0.541. The van der Waals surface area contributed by atoms with Crippen molar-refractivity contribution in [2.45, 2.75) is 38.3 Å². The fourth-order valence-electron chi connectivity index (χ4n) is 4.91. The molecule has 0 spiro atoms. The number of carboxylic acids is 1. The second kappa shape index (κ2) is 9.25. The molecule has 1 aliphatic carbocycles. The number of hydrogen-bond donors (Lipinski definition) is 2. The minimum absolute atomic E-state index is 0.0145. The minimum Gasteiger partial charge on any atom is -0.477 e. The van der Waals surface area contributed by atoms with Gasteiger partial charge < -0.3 is 15.2 Å². The summed E-state index contributed by atoms with van der Waals surface area (Å²) in [5.41, 5.74) is 4.63. The molecule has 0 saturated heterocycles. The van der Waals surface area contributed by atoms with Gasteiger partial charge in [-0.2, -0.15) is 5.10 Å². The second-order valence-electron chi connectivity index (χ2n) is 8.87. The van der Waals surface area contributed by atoms with E-state index in [2.05, 4.69) is 34.7 Å². The number of carboxylic acid groups (broad SMARTS) is 1. The Morgan fingerprint density at radius 2 is 1.74 bits per heavy atom. The molecule has 0 saturated carbocycles. The van der Waals surface area contributed by atoms with Crippen molar-refractivity contribution in [3.63, 3.8) is 0 Å². The number of alkyl carbamates (subject to hydrolysis) is 1. The van der Waals surface area contributed by atoms with Crippen molar-refractivity contribution in [1.82, 2.24) is 15.1 Å². The third-order valence-electron chi connectivity index (χ3n) is 6.63. The minimum atomic E-state index is -1.11. The number of fused-ring (bicyclic) bond motifs is 4. The van der Waals surface area contributed by atoms with Gasteiger partial charge in [-0.05, 0) is 35.6 Å². The molecule has 1 aliphatic heterocycles. The van der Waals surface area contributed by atoms with Gasteiger partial charge in [0.2, 0.25) is 5.91 Å². The predicted octanol–water partition coefficient (Wildman–Crippen LogP) is 3.64. The van der Waals surface area contributed by atoms with Gasteiger partial charge in [-0.3, -0.25) is 9.69 Å². The number of rotatable bonds is 7. The normalized spacial score (nSPS) is 14.7. The van der Waals surface area contributed by atoms with Crippen LogP contribution in [0.25, 0.3) is 11.1 Å². The molecule has 180 valence electrons. The average Bonchev–Trinajstić information content (AvgIpc) is 3.53. The molecule has 2 heterocycles. The van der Waals surface area contributed by atoms with E-state index in [-0.39, 0.29) is 36.5 Å². The first-order valence-corrected chi connectivity index (χ1v) is 11.6. The Bertz CT molecular complexity index is 1250.